The van der Waals surface area contributed by atoms with Crippen LogP contribution in [0.4, 0.5) is 0 Å². The Morgan fingerprint density at radius 2 is 1.45 bits per heavy atom. The Morgan fingerprint density at radius 3 is 2.00 bits per heavy atom. The topological polar surface area (TPSA) is 23.5 Å². The zero-order valence-electron chi connectivity index (χ0n) is 12.5. The van der Waals surface area contributed by atoms with E-state index < -0.39 is 5.60 Å². The maximum atomic E-state index is 11.3. The molecule has 0 heterocycles. The van der Waals surface area contributed by atoms with Crippen molar-refractivity contribution >= 4 is 0 Å². The van der Waals surface area contributed by atoms with E-state index in [1.807, 2.05) is 56.6 Å². The summed E-state index contributed by atoms with van der Waals surface area (Å²) in [5.74, 6) is 0. The molecule has 0 aliphatic carbocycles. The first-order valence-electron chi connectivity index (χ1n) is 7.02. The van der Waals surface area contributed by atoms with E-state index in [-0.39, 0.29) is 0 Å². The van der Waals surface area contributed by atoms with Crippen LogP contribution in [-0.4, -0.2) is 30.6 Å². The van der Waals surface area contributed by atoms with Crippen LogP contribution in [0.2, 0.25) is 0 Å². The fourth-order valence-corrected chi connectivity index (χ4v) is 2.38. The molecule has 0 aromatic heterocycles. The van der Waals surface area contributed by atoms with E-state index in [4.69, 9.17) is 0 Å². The highest BCUT2D eigenvalue weighted by molar-refractivity contribution is 5.37. The predicted octanol–water partition coefficient (Wildman–Crippen LogP) is 3.18. The largest absolute Gasteiger partial charge is 0.380 e. The van der Waals surface area contributed by atoms with Crippen LogP contribution in [-0.2, 0) is 5.60 Å². The summed E-state index contributed by atoms with van der Waals surface area (Å²) >= 11 is 0. The molecule has 0 aliphatic rings. The molecule has 106 valence electrons. The first-order valence-corrected chi connectivity index (χ1v) is 7.02. The number of benzene rings is 2. The number of aliphatic hydroxyl groups is 1. The summed E-state index contributed by atoms with van der Waals surface area (Å²) in [5, 5.41) is 11.3. The second-order valence-electron chi connectivity index (χ2n) is 5.65. The van der Waals surface area contributed by atoms with Crippen molar-refractivity contribution in [3.05, 3.63) is 71.3 Å². The summed E-state index contributed by atoms with van der Waals surface area (Å²) in [7, 11) is 4.06. The Balaban J connectivity index is 2.40. The van der Waals surface area contributed by atoms with Gasteiger partial charge in [-0.15, -0.1) is 0 Å². The average molecular weight is 269 g/mol. The Bertz CT molecular complexity index is 533. The molecule has 0 saturated carbocycles. The van der Waals surface area contributed by atoms with Crippen molar-refractivity contribution in [2.24, 2.45) is 0 Å². The van der Waals surface area contributed by atoms with Crippen molar-refractivity contribution in [2.75, 3.05) is 20.6 Å². The molecule has 0 radical (unpaired) electrons. The first kappa shape index (κ1) is 14.8. The second kappa shape index (κ2) is 6.21. The molecule has 2 aromatic carbocycles. The van der Waals surface area contributed by atoms with Gasteiger partial charge in [-0.05, 0) is 38.6 Å². The SMILES string of the molecule is Cc1ccc(C(O)(CCN(C)C)c2ccccc2)cc1. The molecule has 0 spiro atoms. The van der Waals surface area contributed by atoms with E-state index in [2.05, 4.69) is 24.0 Å². The van der Waals surface area contributed by atoms with Crippen LogP contribution in [0.1, 0.15) is 23.1 Å². The third-order valence-electron chi connectivity index (χ3n) is 3.70. The molecule has 1 atom stereocenters. The predicted molar refractivity (Wildman–Crippen MR) is 83.8 cm³/mol. The number of hydrogen-bond donors (Lipinski definition) is 1. The van der Waals surface area contributed by atoms with Gasteiger partial charge in [0.25, 0.3) is 0 Å². The summed E-state index contributed by atoms with van der Waals surface area (Å²) in [6, 6.07) is 18.1. The molecule has 0 amide bonds. The zero-order valence-corrected chi connectivity index (χ0v) is 12.5. The molecule has 2 aromatic rings. The fourth-order valence-electron chi connectivity index (χ4n) is 2.38. The van der Waals surface area contributed by atoms with Gasteiger partial charge in [0.2, 0.25) is 0 Å². The number of rotatable bonds is 5. The normalized spacial score (nSPS) is 14.2. The van der Waals surface area contributed by atoms with Gasteiger partial charge in [-0.2, -0.15) is 0 Å². The van der Waals surface area contributed by atoms with Gasteiger partial charge in [0.1, 0.15) is 5.60 Å². The summed E-state index contributed by atoms with van der Waals surface area (Å²) in [5.41, 5.74) is 2.18. The molecule has 0 bridgehead atoms. The molecule has 0 saturated heterocycles. The van der Waals surface area contributed by atoms with Crippen molar-refractivity contribution in [2.45, 2.75) is 18.9 Å². The summed E-state index contributed by atoms with van der Waals surface area (Å²) in [6.45, 7) is 2.89. The van der Waals surface area contributed by atoms with Crippen molar-refractivity contribution in [1.29, 1.82) is 0 Å². The van der Waals surface area contributed by atoms with Gasteiger partial charge >= 0.3 is 0 Å². The first-order chi connectivity index (χ1) is 9.52. The van der Waals surface area contributed by atoms with Gasteiger partial charge in [0.05, 0.1) is 0 Å². The quantitative estimate of drug-likeness (QED) is 0.901. The monoisotopic (exact) mass is 269 g/mol. The maximum absolute atomic E-state index is 11.3. The highest BCUT2D eigenvalue weighted by atomic mass is 16.3. The Morgan fingerprint density at radius 1 is 0.900 bits per heavy atom. The third kappa shape index (κ3) is 3.27. The number of hydrogen-bond acceptors (Lipinski definition) is 2. The highest BCUT2D eigenvalue weighted by Crippen LogP contribution is 2.33. The van der Waals surface area contributed by atoms with Crippen molar-refractivity contribution < 1.29 is 5.11 Å². The van der Waals surface area contributed by atoms with Crippen molar-refractivity contribution in [1.82, 2.24) is 4.90 Å². The number of nitrogens with zero attached hydrogens (tertiary/aromatic N) is 1. The van der Waals surface area contributed by atoms with Crippen LogP contribution in [0.5, 0.6) is 0 Å². The molecule has 2 heteroatoms. The minimum Gasteiger partial charge on any atom is -0.380 e. The van der Waals surface area contributed by atoms with E-state index in [1.54, 1.807) is 0 Å². The third-order valence-corrected chi connectivity index (χ3v) is 3.70. The van der Waals surface area contributed by atoms with Crippen LogP contribution in [0, 0.1) is 6.92 Å². The molecule has 1 unspecified atom stereocenters. The molecule has 2 nitrogen and oxygen atoms in total. The lowest BCUT2D eigenvalue weighted by Crippen LogP contribution is -2.31. The summed E-state index contributed by atoms with van der Waals surface area (Å²) in [6.07, 6.45) is 0.674. The van der Waals surface area contributed by atoms with Crippen LogP contribution in [0.25, 0.3) is 0 Å². The minimum atomic E-state index is -0.931. The van der Waals surface area contributed by atoms with Crippen LogP contribution >= 0.6 is 0 Å². The Kier molecular flexibility index (Phi) is 4.58. The fraction of sp³-hybridized carbons (Fsp3) is 0.333. The summed E-state index contributed by atoms with van der Waals surface area (Å²) < 4.78 is 0. The van der Waals surface area contributed by atoms with Crippen molar-refractivity contribution in [3.63, 3.8) is 0 Å². The molecule has 2 rings (SSSR count). The lowest BCUT2D eigenvalue weighted by Gasteiger charge is -2.31. The van der Waals surface area contributed by atoms with E-state index in [1.165, 1.54) is 5.56 Å². The van der Waals surface area contributed by atoms with Crippen molar-refractivity contribution in [3.8, 4) is 0 Å². The average Bonchev–Trinajstić information content (AvgIpc) is 2.46. The van der Waals surface area contributed by atoms with Crippen LogP contribution in [0.15, 0.2) is 54.6 Å². The second-order valence-corrected chi connectivity index (χ2v) is 5.65. The van der Waals surface area contributed by atoms with Gasteiger partial charge in [-0.3, -0.25) is 0 Å². The molecular formula is C18H23NO. The van der Waals surface area contributed by atoms with E-state index in [0.717, 1.165) is 17.7 Å². The smallest absolute Gasteiger partial charge is 0.116 e. The lowest BCUT2D eigenvalue weighted by molar-refractivity contribution is 0.0629. The van der Waals surface area contributed by atoms with Gasteiger partial charge in [0, 0.05) is 6.54 Å². The van der Waals surface area contributed by atoms with Gasteiger partial charge in [-0.25, -0.2) is 0 Å². The van der Waals surface area contributed by atoms with Gasteiger partial charge < -0.3 is 10.0 Å². The summed E-state index contributed by atoms with van der Waals surface area (Å²) in [4.78, 5) is 2.10. The highest BCUT2D eigenvalue weighted by Gasteiger charge is 2.31. The number of aryl methyl sites for hydroxylation is 1. The molecule has 20 heavy (non-hydrogen) atoms. The molecular weight excluding hydrogens is 246 g/mol. The minimum absolute atomic E-state index is 0.674. The Labute approximate surface area is 121 Å². The Hall–Kier alpha value is -1.64. The van der Waals surface area contributed by atoms with E-state index in [0.29, 0.717) is 6.42 Å². The van der Waals surface area contributed by atoms with Crippen LogP contribution in [0.3, 0.4) is 0 Å². The van der Waals surface area contributed by atoms with E-state index >= 15 is 0 Å². The maximum Gasteiger partial charge on any atom is 0.116 e. The zero-order chi connectivity index (χ0) is 14.6. The molecule has 1 N–H and O–H groups in total. The molecule has 0 aliphatic heterocycles. The van der Waals surface area contributed by atoms with Gasteiger partial charge in [0.15, 0.2) is 0 Å². The van der Waals surface area contributed by atoms with E-state index in [9.17, 15) is 5.11 Å². The van der Waals surface area contributed by atoms with Crippen LogP contribution < -0.4 is 0 Å². The molecule has 0 fully saturated rings. The standard InChI is InChI=1S/C18H23NO/c1-15-9-11-17(12-10-15)18(20,13-14-19(2)3)16-7-5-4-6-8-16/h4-12,20H,13-14H2,1-3H3. The van der Waals surface area contributed by atoms with Gasteiger partial charge in [-0.1, -0.05) is 60.2 Å². The lowest BCUT2D eigenvalue weighted by atomic mass is 9.83.